The van der Waals surface area contributed by atoms with Crippen molar-refractivity contribution in [2.45, 2.75) is 6.92 Å². The lowest BCUT2D eigenvalue weighted by molar-refractivity contribution is 0.762. The van der Waals surface area contributed by atoms with Crippen LogP contribution >= 0.6 is 0 Å². The van der Waals surface area contributed by atoms with Crippen molar-refractivity contribution < 1.29 is 0 Å². The third kappa shape index (κ3) is 1.18. The summed E-state index contributed by atoms with van der Waals surface area (Å²) in [7, 11) is 0. The summed E-state index contributed by atoms with van der Waals surface area (Å²) in [6.45, 7) is 1.83. The third-order valence-electron chi connectivity index (χ3n) is 2.24. The molecule has 0 aliphatic heterocycles. The standard InChI is InChI=1S/C9H8N6/c1-6-12-13-14-15(6)8-3-2-7-4-5-10-9(7)11-8/h2-5H,1H3,(H,10,11). The molecule has 3 aromatic heterocycles. The van der Waals surface area contributed by atoms with E-state index in [1.807, 2.05) is 31.3 Å². The highest BCUT2D eigenvalue weighted by molar-refractivity contribution is 5.76. The number of tetrazole rings is 1. The summed E-state index contributed by atoms with van der Waals surface area (Å²) >= 11 is 0. The van der Waals surface area contributed by atoms with E-state index in [1.54, 1.807) is 4.68 Å². The first-order valence-electron chi connectivity index (χ1n) is 4.54. The lowest BCUT2D eigenvalue weighted by Gasteiger charge is -1.99. The molecule has 6 nitrogen and oxygen atoms in total. The van der Waals surface area contributed by atoms with E-state index in [9.17, 15) is 0 Å². The summed E-state index contributed by atoms with van der Waals surface area (Å²) in [6.07, 6.45) is 1.86. The zero-order valence-corrected chi connectivity index (χ0v) is 8.05. The van der Waals surface area contributed by atoms with Gasteiger partial charge in [-0.25, -0.2) is 4.98 Å². The van der Waals surface area contributed by atoms with Crippen LogP contribution in [0.3, 0.4) is 0 Å². The molecule has 0 atom stereocenters. The van der Waals surface area contributed by atoms with E-state index in [-0.39, 0.29) is 0 Å². The monoisotopic (exact) mass is 200 g/mol. The van der Waals surface area contributed by atoms with Gasteiger partial charge in [0, 0.05) is 11.6 Å². The number of aryl methyl sites for hydroxylation is 1. The number of H-pyrrole nitrogens is 1. The van der Waals surface area contributed by atoms with Crippen molar-refractivity contribution in [1.82, 2.24) is 30.2 Å². The molecule has 15 heavy (non-hydrogen) atoms. The molecule has 0 radical (unpaired) electrons. The van der Waals surface area contributed by atoms with Crippen molar-refractivity contribution in [3.05, 3.63) is 30.2 Å². The highest BCUT2D eigenvalue weighted by Crippen LogP contribution is 2.12. The van der Waals surface area contributed by atoms with Crippen molar-refractivity contribution in [2.75, 3.05) is 0 Å². The van der Waals surface area contributed by atoms with Crippen LogP contribution in [-0.2, 0) is 0 Å². The van der Waals surface area contributed by atoms with Crippen LogP contribution in [0.4, 0.5) is 0 Å². The minimum Gasteiger partial charge on any atom is -0.346 e. The predicted octanol–water partition coefficient (Wildman–Crippen LogP) is 0.847. The number of nitrogens with one attached hydrogen (secondary N) is 1. The van der Waals surface area contributed by atoms with Crippen LogP contribution in [0.1, 0.15) is 5.82 Å². The molecule has 0 amide bonds. The first kappa shape index (κ1) is 8.10. The van der Waals surface area contributed by atoms with Gasteiger partial charge in [-0.1, -0.05) is 0 Å². The Bertz CT molecular complexity index is 608. The largest absolute Gasteiger partial charge is 0.346 e. The Balaban J connectivity index is 2.23. The van der Waals surface area contributed by atoms with E-state index in [2.05, 4.69) is 25.5 Å². The summed E-state index contributed by atoms with van der Waals surface area (Å²) in [5, 5.41) is 12.3. The van der Waals surface area contributed by atoms with Crippen molar-refractivity contribution in [3.8, 4) is 5.82 Å². The molecule has 74 valence electrons. The highest BCUT2D eigenvalue weighted by atomic mass is 15.5. The zero-order chi connectivity index (χ0) is 10.3. The fourth-order valence-electron chi connectivity index (χ4n) is 1.48. The second kappa shape index (κ2) is 2.88. The summed E-state index contributed by atoms with van der Waals surface area (Å²) < 4.78 is 1.60. The highest BCUT2D eigenvalue weighted by Gasteiger charge is 2.05. The number of hydrogen-bond donors (Lipinski definition) is 1. The van der Waals surface area contributed by atoms with Gasteiger partial charge < -0.3 is 4.98 Å². The molecule has 0 bridgehead atoms. The molecule has 3 aromatic rings. The van der Waals surface area contributed by atoms with Crippen LogP contribution in [0, 0.1) is 6.92 Å². The normalized spacial score (nSPS) is 11.0. The summed E-state index contributed by atoms with van der Waals surface area (Å²) in [5.41, 5.74) is 0.836. The van der Waals surface area contributed by atoms with Gasteiger partial charge in [0.2, 0.25) is 0 Å². The number of nitrogens with zero attached hydrogens (tertiary/aromatic N) is 5. The molecule has 0 aliphatic rings. The average Bonchev–Trinajstić information content (AvgIpc) is 2.84. The topological polar surface area (TPSA) is 72.3 Å². The Morgan fingerprint density at radius 1 is 1.27 bits per heavy atom. The maximum Gasteiger partial charge on any atom is 0.159 e. The molecule has 0 unspecified atom stereocenters. The molecule has 0 saturated carbocycles. The van der Waals surface area contributed by atoms with Gasteiger partial charge in [0.25, 0.3) is 0 Å². The smallest absolute Gasteiger partial charge is 0.159 e. The minimum atomic E-state index is 0.715. The van der Waals surface area contributed by atoms with Crippen molar-refractivity contribution in [1.29, 1.82) is 0 Å². The van der Waals surface area contributed by atoms with Gasteiger partial charge in [0.1, 0.15) is 5.65 Å². The van der Waals surface area contributed by atoms with Gasteiger partial charge >= 0.3 is 0 Å². The molecule has 0 aromatic carbocycles. The fraction of sp³-hybridized carbons (Fsp3) is 0.111. The second-order valence-corrected chi connectivity index (χ2v) is 3.22. The van der Waals surface area contributed by atoms with Gasteiger partial charge in [-0.2, -0.15) is 4.68 Å². The van der Waals surface area contributed by atoms with Crippen LogP contribution in [-0.4, -0.2) is 30.2 Å². The molecular weight excluding hydrogens is 192 g/mol. The van der Waals surface area contributed by atoms with Crippen LogP contribution in [0.25, 0.3) is 16.9 Å². The first-order valence-corrected chi connectivity index (χ1v) is 4.54. The lowest BCUT2D eigenvalue weighted by atomic mass is 10.3. The zero-order valence-electron chi connectivity index (χ0n) is 8.05. The van der Waals surface area contributed by atoms with E-state index in [0.29, 0.717) is 11.6 Å². The lowest BCUT2D eigenvalue weighted by Crippen LogP contribution is -2.01. The molecule has 3 heterocycles. The van der Waals surface area contributed by atoms with Gasteiger partial charge in [-0.15, -0.1) is 5.10 Å². The number of hydrogen-bond acceptors (Lipinski definition) is 4. The van der Waals surface area contributed by atoms with E-state index in [1.165, 1.54) is 0 Å². The SMILES string of the molecule is Cc1nnnn1-c1ccc2cc[nH]c2n1. The van der Waals surface area contributed by atoms with Crippen LogP contribution in [0.5, 0.6) is 0 Å². The molecular formula is C9H8N6. The number of aromatic nitrogens is 6. The minimum absolute atomic E-state index is 0.715. The Kier molecular flexibility index (Phi) is 1.55. The van der Waals surface area contributed by atoms with Crippen LogP contribution in [0.2, 0.25) is 0 Å². The number of rotatable bonds is 1. The summed E-state index contributed by atoms with van der Waals surface area (Å²) in [5.74, 6) is 1.43. The fourth-order valence-corrected chi connectivity index (χ4v) is 1.48. The molecule has 0 fully saturated rings. The number of pyridine rings is 1. The Morgan fingerprint density at radius 3 is 3.00 bits per heavy atom. The molecule has 1 N–H and O–H groups in total. The number of fused-ring (bicyclic) bond motifs is 1. The Hall–Kier alpha value is -2.24. The predicted molar refractivity (Wildman–Crippen MR) is 53.5 cm³/mol. The van der Waals surface area contributed by atoms with Crippen molar-refractivity contribution in [3.63, 3.8) is 0 Å². The molecule has 0 saturated heterocycles. The van der Waals surface area contributed by atoms with E-state index < -0.39 is 0 Å². The van der Waals surface area contributed by atoms with Gasteiger partial charge in [0.15, 0.2) is 11.6 Å². The quantitative estimate of drug-likeness (QED) is 0.632. The Morgan fingerprint density at radius 2 is 2.20 bits per heavy atom. The van der Waals surface area contributed by atoms with Crippen molar-refractivity contribution >= 4 is 11.0 Å². The maximum atomic E-state index is 4.40. The van der Waals surface area contributed by atoms with Gasteiger partial charge in [-0.05, 0) is 35.5 Å². The van der Waals surface area contributed by atoms with E-state index >= 15 is 0 Å². The van der Waals surface area contributed by atoms with E-state index in [4.69, 9.17) is 0 Å². The van der Waals surface area contributed by atoms with Gasteiger partial charge in [-0.3, -0.25) is 0 Å². The Labute approximate surface area is 84.9 Å². The summed E-state index contributed by atoms with van der Waals surface area (Å²) in [6, 6.07) is 5.84. The number of aromatic amines is 1. The van der Waals surface area contributed by atoms with Crippen molar-refractivity contribution in [2.24, 2.45) is 0 Å². The maximum absolute atomic E-state index is 4.40. The second-order valence-electron chi connectivity index (χ2n) is 3.22. The summed E-state index contributed by atoms with van der Waals surface area (Å²) in [4.78, 5) is 7.45. The first-order chi connectivity index (χ1) is 7.34. The molecule has 0 aliphatic carbocycles. The van der Waals surface area contributed by atoms with Crippen LogP contribution < -0.4 is 0 Å². The third-order valence-corrected chi connectivity index (χ3v) is 2.24. The molecule has 3 rings (SSSR count). The van der Waals surface area contributed by atoms with E-state index in [0.717, 1.165) is 11.0 Å². The molecule has 0 spiro atoms. The van der Waals surface area contributed by atoms with Gasteiger partial charge in [0.05, 0.1) is 0 Å². The molecule has 6 heteroatoms. The average molecular weight is 200 g/mol. The van der Waals surface area contributed by atoms with Crippen LogP contribution in [0.15, 0.2) is 24.4 Å².